The van der Waals surface area contributed by atoms with Crippen LogP contribution >= 0.6 is 0 Å². The molecule has 0 aromatic heterocycles. The molecule has 3 rings (SSSR count). The Balaban J connectivity index is 1.69. The molecule has 0 unspecified atom stereocenters. The molecule has 2 amide bonds. The maximum absolute atomic E-state index is 13.1. The lowest BCUT2D eigenvalue weighted by atomic mass is 10.1. The Labute approximate surface area is 195 Å². The lowest BCUT2D eigenvalue weighted by molar-refractivity contribution is -0.137. The zero-order valence-corrected chi connectivity index (χ0v) is 19.3. The fraction of sp³-hybridized carbons (Fsp3) is 0.364. The van der Waals surface area contributed by atoms with E-state index in [-0.39, 0.29) is 17.0 Å². The number of amides is 2. The molecule has 0 aliphatic carbocycles. The SMILES string of the molecule is CON(C)S(=O)(=O)c1cccc(C(=O)N2CCC[C@@H]2C(=O)NCc2ccc(C(F)(F)F)cc2)c1. The van der Waals surface area contributed by atoms with E-state index in [9.17, 15) is 31.2 Å². The molecule has 0 spiro atoms. The Morgan fingerprint density at radius 1 is 1.18 bits per heavy atom. The van der Waals surface area contributed by atoms with Crippen LogP contribution in [0.4, 0.5) is 13.2 Å². The van der Waals surface area contributed by atoms with Crippen LogP contribution < -0.4 is 5.32 Å². The van der Waals surface area contributed by atoms with Crippen LogP contribution in [-0.2, 0) is 32.4 Å². The van der Waals surface area contributed by atoms with Crippen molar-refractivity contribution in [2.45, 2.75) is 36.5 Å². The molecule has 0 radical (unpaired) electrons. The zero-order chi connectivity index (χ0) is 25.1. The highest BCUT2D eigenvalue weighted by Crippen LogP contribution is 2.29. The number of halogens is 3. The molecule has 1 saturated heterocycles. The number of carbonyl (C=O) groups is 2. The van der Waals surface area contributed by atoms with E-state index in [1.54, 1.807) is 0 Å². The highest BCUT2D eigenvalue weighted by molar-refractivity contribution is 7.89. The van der Waals surface area contributed by atoms with Crippen LogP contribution in [0, 0.1) is 0 Å². The second-order valence-corrected chi connectivity index (χ2v) is 9.63. The fourth-order valence-corrected chi connectivity index (χ4v) is 4.62. The summed E-state index contributed by atoms with van der Waals surface area (Å²) >= 11 is 0. The summed E-state index contributed by atoms with van der Waals surface area (Å²) in [5.41, 5.74) is -0.193. The summed E-state index contributed by atoms with van der Waals surface area (Å²) in [6.45, 7) is 0.318. The van der Waals surface area contributed by atoms with Crippen LogP contribution in [0.3, 0.4) is 0 Å². The molecule has 1 atom stereocenters. The molecular formula is C22H24F3N3O5S. The van der Waals surface area contributed by atoms with Crippen molar-refractivity contribution in [3.63, 3.8) is 0 Å². The summed E-state index contributed by atoms with van der Waals surface area (Å²) in [5, 5.41) is 2.66. The quantitative estimate of drug-likeness (QED) is 0.591. The number of rotatable bonds is 7. The predicted molar refractivity (Wildman–Crippen MR) is 116 cm³/mol. The molecule has 0 bridgehead atoms. The summed E-state index contributed by atoms with van der Waals surface area (Å²) in [4.78, 5) is 31.8. The molecule has 8 nitrogen and oxygen atoms in total. The number of alkyl halides is 3. The first-order valence-corrected chi connectivity index (χ1v) is 11.8. The lowest BCUT2D eigenvalue weighted by Gasteiger charge is -2.24. The largest absolute Gasteiger partial charge is 0.416 e. The average Bonchev–Trinajstić information content (AvgIpc) is 3.31. The first-order valence-electron chi connectivity index (χ1n) is 10.3. The molecule has 0 saturated carbocycles. The third kappa shape index (κ3) is 5.57. The first-order chi connectivity index (χ1) is 15.9. The van der Waals surface area contributed by atoms with Gasteiger partial charge in [-0.25, -0.2) is 8.42 Å². The number of sulfonamides is 1. The Kier molecular flexibility index (Phi) is 7.64. The van der Waals surface area contributed by atoms with Gasteiger partial charge in [0.15, 0.2) is 0 Å². The zero-order valence-electron chi connectivity index (χ0n) is 18.5. The van der Waals surface area contributed by atoms with Gasteiger partial charge in [-0.2, -0.15) is 13.2 Å². The normalized spacial score (nSPS) is 16.6. The summed E-state index contributed by atoms with van der Waals surface area (Å²) in [5.74, 6) is -0.932. The van der Waals surface area contributed by atoms with Crippen molar-refractivity contribution in [2.24, 2.45) is 0 Å². The van der Waals surface area contributed by atoms with Gasteiger partial charge >= 0.3 is 6.18 Å². The standard InChI is InChI=1S/C22H24F3N3O5S/c1-27(33-2)34(31,32)18-6-3-5-16(13-18)21(30)28-12-4-7-19(28)20(29)26-14-15-8-10-17(11-9-15)22(23,24)25/h3,5-6,8-11,13,19H,4,7,12,14H2,1-2H3,(H,26,29)/t19-/m1/s1. The molecule has 34 heavy (non-hydrogen) atoms. The van der Waals surface area contributed by atoms with E-state index in [1.165, 1.54) is 55.5 Å². The topological polar surface area (TPSA) is 96.0 Å². The van der Waals surface area contributed by atoms with Gasteiger partial charge in [0.25, 0.3) is 15.9 Å². The van der Waals surface area contributed by atoms with Crippen molar-refractivity contribution in [1.29, 1.82) is 0 Å². The number of hydrogen-bond donors (Lipinski definition) is 1. The van der Waals surface area contributed by atoms with E-state index >= 15 is 0 Å². The third-order valence-corrected chi connectivity index (χ3v) is 7.21. The second kappa shape index (κ2) is 10.1. The summed E-state index contributed by atoms with van der Waals surface area (Å²) in [6.07, 6.45) is -3.45. The van der Waals surface area contributed by atoms with Crippen LogP contribution in [0.5, 0.6) is 0 Å². The highest BCUT2D eigenvalue weighted by atomic mass is 32.2. The summed E-state index contributed by atoms with van der Waals surface area (Å²) in [6, 6.07) is 9.12. The predicted octanol–water partition coefficient (Wildman–Crippen LogP) is 2.81. The number of nitrogens with zero attached hydrogens (tertiary/aromatic N) is 2. The summed E-state index contributed by atoms with van der Waals surface area (Å²) < 4.78 is 63.7. The molecule has 1 aliphatic rings. The molecule has 184 valence electrons. The van der Waals surface area contributed by atoms with Gasteiger partial charge < -0.3 is 10.2 Å². The molecule has 1 heterocycles. The average molecular weight is 500 g/mol. The Hall–Kier alpha value is -2.96. The van der Waals surface area contributed by atoms with Crippen molar-refractivity contribution in [2.75, 3.05) is 20.7 Å². The maximum atomic E-state index is 13.1. The molecule has 1 aliphatic heterocycles. The van der Waals surface area contributed by atoms with Crippen molar-refractivity contribution in [3.8, 4) is 0 Å². The maximum Gasteiger partial charge on any atom is 0.416 e. The number of hydrogen-bond acceptors (Lipinski definition) is 5. The summed E-state index contributed by atoms with van der Waals surface area (Å²) in [7, 11) is -1.54. The van der Waals surface area contributed by atoms with Crippen LogP contribution in [-0.4, -0.2) is 56.3 Å². The van der Waals surface area contributed by atoms with Crippen LogP contribution in [0.25, 0.3) is 0 Å². The molecule has 2 aromatic rings. The van der Waals surface area contributed by atoms with Crippen molar-refractivity contribution in [3.05, 3.63) is 65.2 Å². The molecule has 1 N–H and O–H groups in total. The van der Waals surface area contributed by atoms with E-state index in [0.29, 0.717) is 29.4 Å². The molecule has 12 heteroatoms. The van der Waals surface area contributed by atoms with Crippen LogP contribution in [0.1, 0.15) is 34.3 Å². The van der Waals surface area contributed by atoms with E-state index in [4.69, 9.17) is 4.84 Å². The van der Waals surface area contributed by atoms with Gasteiger partial charge in [-0.15, -0.1) is 0 Å². The van der Waals surface area contributed by atoms with Crippen molar-refractivity contribution < 1.29 is 36.0 Å². The lowest BCUT2D eigenvalue weighted by Crippen LogP contribution is -2.45. The van der Waals surface area contributed by atoms with Gasteiger partial charge in [0.1, 0.15) is 6.04 Å². The number of nitrogens with one attached hydrogen (secondary N) is 1. The highest BCUT2D eigenvalue weighted by Gasteiger charge is 2.35. The van der Waals surface area contributed by atoms with Crippen LogP contribution in [0.15, 0.2) is 53.4 Å². The van der Waals surface area contributed by atoms with E-state index < -0.39 is 39.6 Å². The first kappa shape index (κ1) is 25.7. The van der Waals surface area contributed by atoms with E-state index in [0.717, 1.165) is 12.1 Å². The number of carbonyl (C=O) groups excluding carboxylic acids is 2. The number of benzene rings is 2. The molecule has 2 aromatic carbocycles. The van der Waals surface area contributed by atoms with Crippen LogP contribution in [0.2, 0.25) is 0 Å². The van der Waals surface area contributed by atoms with Gasteiger partial charge in [-0.05, 0) is 48.7 Å². The minimum absolute atomic E-state index is 0.00653. The van der Waals surface area contributed by atoms with Gasteiger partial charge in [0, 0.05) is 25.7 Å². The minimum atomic E-state index is -4.44. The van der Waals surface area contributed by atoms with Crippen molar-refractivity contribution >= 4 is 21.8 Å². The van der Waals surface area contributed by atoms with Crippen molar-refractivity contribution in [1.82, 2.24) is 14.7 Å². The number of likely N-dealkylation sites (tertiary alicyclic amines) is 1. The minimum Gasteiger partial charge on any atom is -0.350 e. The Bertz CT molecular complexity index is 1150. The van der Waals surface area contributed by atoms with E-state index in [1.807, 2.05) is 0 Å². The van der Waals surface area contributed by atoms with E-state index in [2.05, 4.69) is 5.32 Å². The van der Waals surface area contributed by atoms with Gasteiger partial charge in [0.05, 0.1) is 17.6 Å². The number of hydroxylamine groups is 1. The monoisotopic (exact) mass is 499 g/mol. The molecule has 1 fully saturated rings. The fourth-order valence-electron chi connectivity index (χ4n) is 3.60. The third-order valence-electron chi connectivity index (χ3n) is 5.54. The van der Waals surface area contributed by atoms with Gasteiger partial charge in [0.2, 0.25) is 5.91 Å². The Morgan fingerprint density at radius 3 is 2.47 bits per heavy atom. The van der Waals surface area contributed by atoms with Gasteiger partial charge in [-0.1, -0.05) is 22.7 Å². The smallest absolute Gasteiger partial charge is 0.350 e. The second-order valence-electron chi connectivity index (χ2n) is 7.69. The van der Waals surface area contributed by atoms with Gasteiger partial charge in [-0.3, -0.25) is 14.4 Å². The molecular weight excluding hydrogens is 475 g/mol. The Morgan fingerprint density at radius 2 is 1.85 bits per heavy atom.